The quantitative estimate of drug-likeness (QED) is 0.843. The Morgan fingerprint density at radius 2 is 1.89 bits per heavy atom. The standard InChI is InChI=1S/C11H14N4O2S2/c1-6-4-9(12)7(2)10(5-6)19(16,17)15-11-14-13-8(3)18-11/h4-5H,12H2,1-3H3,(H,14,15). The summed E-state index contributed by atoms with van der Waals surface area (Å²) >= 11 is 1.18. The van der Waals surface area contributed by atoms with E-state index in [0.29, 0.717) is 16.3 Å². The molecule has 0 saturated carbocycles. The zero-order chi connectivity index (χ0) is 14.2. The van der Waals surface area contributed by atoms with Gasteiger partial charge >= 0.3 is 0 Å². The van der Waals surface area contributed by atoms with Crippen molar-refractivity contribution in [3.05, 3.63) is 28.3 Å². The molecule has 0 bridgehead atoms. The number of hydrogen-bond acceptors (Lipinski definition) is 6. The highest BCUT2D eigenvalue weighted by Gasteiger charge is 2.20. The van der Waals surface area contributed by atoms with E-state index >= 15 is 0 Å². The Bertz CT molecular complexity index is 722. The molecule has 2 aromatic rings. The molecule has 1 aromatic carbocycles. The fraction of sp³-hybridized carbons (Fsp3) is 0.273. The third-order valence-electron chi connectivity index (χ3n) is 2.58. The van der Waals surface area contributed by atoms with Crippen molar-refractivity contribution < 1.29 is 8.42 Å². The molecule has 0 aliphatic heterocycles. The lowest BCUT2D eigenvalue weighted by Gasteiger charge is -2.11. The zero-order valence-electron chi connectivity index (χ0n) is 10.8. The van der Waals surface area contributed by atoms with E-state index in [0.717, 1.165) is 5.56 Å². The summed E-state index contributed by atoms with van der Waals surface area (Å²) in [5.74, 6) is 0. The molecule has 0 amide bonds. The van der Waals surface area contributed by atoms with E-state index in [2.05, 4.69) is 14.9 Å². The Morgan fingerprint density at radius 1 is 1.21 bits per heavy atom. The van der Waals surface area contributed by atoms with Crippen LogP contribution >= 0.6 is 11.3 Å². The Labute approximate surface area is 115 Å². The van der Waals surface area contributed by atoms with Crippen LogP contribution in [0.3, 0.4) is 0 Å². The molecule has 1 heterocycles. The van der Waals surface area contributed by atoms with Crippen LogP contribution in [0.1, 0.15) is 16.1 Å². The van der Waals surface area contributed by atoms with Crippen molar-refractivity contribution in [1.82, 2.24) is 10.2 Å². The molecule has 19 heavy (non-hydrogen) atoms. The van der Waals surface area contributed by atoms with Crippen LogP contribution in [0.15, 0.2) is 17.0 Å². The van der Waals surface area contributed by atoms with Gasteiger partial charge in [0.2, 0.25) is 5.13 Å². The maximum atomic E-state index is 12.3. The first-order valence-corrected chi connectivity index (χ1v) is 7.79. The molecule has 0 spiro atoms. The lowest BCUT2D eigenvalue weighted by molar-refractivity contribution is 0.600. The summed E-state index contributed by atoms with van der Waals surface area (Å²) in [6.07, 6.45) is 0. The Morgan fingerprint density at radius 3 is 2.47 bits per heavy atom. The second-order valence-electron chi connectivity index (χ2n) is 4.21. The fourth-order valence-electron chi connectivity index (χ4n) is 1.64. The normalized spacial score (nSPS) is 11.5. The third kappa shape index (κ3) is 2.85. The molecule has 102 valence electrons. The lowest BCUT2D eigenvalue weighted by Crippen LogP contribution is -2.15. The van der Waals surface area contributed by atoms with Gasteiger partial charge in [-0.15, -0.1) is 10.2 Å². The summed E-state index contributed by atoms with van der Waals surface area (Å²) in [7, 11) is -3.70. The topological polar surface area (TPSA) is 98.0 Å². The maximum Gasteiger partial charge on any atom is 0.264 e. The molecule has 0 fully saturated rings. The number of nitrogen functional groups attached to an aromatic ring is 1. The maximum absolute atomic E-state index is 12.3. The van der Waals surface area contributed by atoms with E-state index < -0.39 is 10.0 Å². The van der Waals surface area contributed by atoms with Gasteiger partial charge in [0.25, 0.3) is 10.0 Å². The first kappa shape index (κ1) is 13.8. The molecule has 6 nitrogen and oxygen atoms in total. The van der Waals surface area contributed by atoms with E-state index in [9.17, 15) is 8.42 Å². The number of nitrogens with one attached hydrogen (secondary N) is 1. The van der Waals surface area contributed by atoms with Crippen LogP contribution in [-0.2, 0) is 10.0 Å². The van der Waals surface area contributed by atoms with Crippen molar-refractivity contribution in [2.24, 2.45) is 0 Å². The van der Waals surface area contributed by atoms with Crippen LogP contribution in [-0.4, -0.2) is 18.6 Å². The highest BCUT2D eigenvalue weighted by molar-refractivity contribution is 7.93. The second-order valence-corrected chi connectivity index (χ2v) is 7.04. The van der Waals surface area contributed by atoms with Gasteiger partial charge in [-0.25, -0.2) is 8.42 Å². The summed E-state index contributed by atoms with van der Waals surface area (Å²) < 4.78 is 27.0. The number of rotatable bonds is 3. The van der Waals surface area contributed by atoms with Gasteiger partial charge in [0.1, 0.15) is 5.01 Å². The molecule has 3 N–H and O–H groups in total. The smallest absolute Gasteiger partial charge is 0.264 e. The molecule has 0 aliphatic carbocycles. The van der Waals surface area contributed by atoms with Gasteiger partial charge < -0.3 is 5.73 Å². The average molecular weight is 298 g/mol. The number of benzene rings is 1. The summed E-state index contributed by atoms with van der Waals surface area (Å²) in [4.78, 5) is 0.165. The van der Waals surface area contributed by atoms with Gasteiger partial charge in [-0.3, -0.25) is 4.72 Å². The largest absolute Gasteiger partial charge is 0.398 e. The van der Waals surface area contributed by atoms with Gasteiger partial charge in [-0.1, -0.05) is 11.3 Å². The van der Waals surface area contributed by atoms with Crippen LogP contribution in [0, 0.1) is 20.8 Å². The van der Waals surface area contributed by atoms with Crippen molar-refractivity contribution in [3.8, 4) is 0 Å². The molecule has 1 aromatic heterocycles. The van der Waals surface area contributed by atoms with E-state index in [1.54, 1.807) is 32.9 Å². The number of hydrogen-bond donors (Lipinski definition) is 2. The monoisotopic (exact) mass is 298 g/mol. The number of sulfonamides is 1. The number of nitrogens with two attached hydrogens (primary N) is 1. The molecular weight excluding hydrogens is 284 g/mol. The minimum absolute atomic E-state index is 0.165. The number of nitrogens with zero attached hydrogens (tertiary/aromatic N) is 2. The van der Waals surface area contributed by atoms with Gasteiger partial charge in [-0.05, 0) is 44.0 Å². The fourth-order valence-corrected chi connectivity index (χ4v) is 3.82. The third-order valence-corrected chi connectivity index (χ3v) is 4.93. The van der Waals surface area contributed by atoms with E-state index in [1.807, 2.05) is 0 Å². The molecule has 0 atom stereocenters. The summed E-state index contributed by atoms with van der Waals surface area (Å²) in [5.41, 5.74) is 7.57. The van der Waals surface area contributed by atoms with Crippen LogP contribution in [0.4, 0.5) is 10.8 Å². The first-order valence-electron chi connectivity index (χ1n) is 5.49. The van der Waals surface area contributed by atoms with Gasteiger partial charge in [0.05, 0.1) is 4.90 Å². The lowest BCUT2D eigenvalue weighted by atomic mass is 10.1. The SMILES string of the molecule is Cc1cc(N)c(C)c(S(=O)(=O)Nc2nnc(C)s2)c1. The van der Waals surface area contributed by atoms with Crippen LogP contribution in [0.5, 0.6) is 0 Å². The number of aryl methyl sites for hydroxylation is 2. The summed E-state index contributed by atoms with van der Waals surface area (Å²) in [6.45, 7) is 5.23. The predicted molar refractivity (Wildman–Crippen MR) is 75.8 cm³/mol. The van der Waals surface area contributed by atoms with Crippen LogP contribution < -0.4 is 10.5 Å². The Hall–Kier alpha value is -1.67. The molecule has 0 saturated heterocycles. The van der Waals surface area contributed by atoms with Gasteiger partial charge in [0.15, 0.2) is 0 Å². The highest BCUT2D eigenvalue weighted by atomic mass is 32.2. The van der Waals surface area contributed by atoms with E-state index in [1.165, 1.54) is 11.3 Å². The van der Waals surface area contributed by atoms with Crippen molar-refractivity contribution in [3.63, 3.8) is 0 Å². The van der Waals surface area contributed by atoms with Crippen molar-refractivity contribution in [1.29, 1.82) is 0 Å². The van der Waals surface area contributed by atoms with Gasteiger partial charge in [0, 0.05) is 5.69 Å². The zero-order valence-corrected chi connectivity index (χ0v) is 12.4. The highest BCUT2D eigenvalue weighted by Crippen LogP contribution is 2.26. The van der Waals surface area contributed by atoms with Gasteiger partial charge in [-0.2, -0.15) is 0 Å². The molecular formula is C11H14N4O2S2. The second kappa shape index (κ2) is 4.78. The average Bonchev–Trinajstić information content (AvgIpc) is 2.68. The van der Waals surface area contributed by atoms with Crippen molar-refractivity contribution >= 4 is 32.2 Å². The van der Waals surface area contributed by atoms with E-state index in [4.69, 9.17) is 5.73 Å². The van der Waals surface area contributed by atoms with Crippen LogP contribution in [0.25, 0.3) is 0 Å². The van der Waals surface area contributed by atoms with Crippen molar-refractivity contribution in [2.75, 3.05) is 10.5 Å². The Kier molecular flexibility index (Phi) is 3.46. The molecule has 0 radical (unpaired) electrons. The predicted octanol–water partition coefficient (Wildman–Crippen LogP) is 1.85. The summed E-state index contributed by atoms with van der Waals surface area (Å²) in [6, 6.07) is 3.32. The van der Waals surface area contributed by atoms with Crippen molar-refractivity contribution in [2.45, 2.75) is 25.7 Å². The molecule has 2 rings (SSSR count). The summed E-state index contributed by atoms with van der Waals surface area (Å²) in [5, 5.41) is 8.46. The minimum atomic E-state index is -3.70. The molecule has 0 unspecified atom stereocenters. The molecule has 8 heteroatoms. The van der Waals surface area contributed by atoms with E-state index in [-0.39, 0.29) is 10.0 Å². The minimum Gasteiger partial charge on any atom is -0.398 e. The molecule has 0 aliphatic rings. The first-order chi connectivity index (χ1) is 8.79. The number of anilines is 2. The van der Waals surface area contributed by atoms with Crippen LogP contribution in [0.2, 0.25) is 0 Å². The Balaban J connectivity index is 2.45. The number of aromatic nitrogens is 2.